The first kappa shape index (κ1) is 15.1. The van der Waals surface area contributed by atoms with E-state index in [2.05, 4.69) is 5.32 Å². The van der Waals surface area contributed by atoms with Crippen LogP contribution in [0, 0.1) is 0 Å². The first-order chi connectivity index (χ1) is 14.7. The fourth-order valence-electron chi connectivity index (χ4n) is 3.27. The second-order valence-electron chi connectivity index (χ2n) is 6.23. The Morgan fingerprint density at radius 3 is 2.19 bits per heavy atom. The number of piperidine rings is 1. The lowest BCUT2D eigenvalue weighted by Crippen LogP contribution is -2.45. The summed E-state index contributed by atoms with van der Waals surface area (Å²) in [5.41, 5.74) is -0.908. The standard InChI is InChI=1S/C22H27NO3.ClH/c1-2-17-25-22(18-9-5-3-6-10-18,19-11-7-4-8-12-19)21(24)26-20-13-15-23-16-14-20;/h3-12,20,23H,2,13-17H2,1H3;1H/i1D3,2D2;. The predicted molar refractivity (Wildman–Crippen MR) is 109 cm³/mol. The molecule has 0 aromatic heterocycles. The fourth-order valence-corrected chi connectivity index (χ4v) is 3.27. The van der Waals surface area contributed by atoms with Crippen molar-refractivity contribution in [3.63, 3.8) is 0 Å². The van der Waals surface area contributed by atoms with Crippen LogP contribution in [0.2, 0.25) is 0 Å². The van der Waals surface area contributed by atoms with Crippen LogP contribution in [-0.2, 0) is 19.9 Å². The molecule has 1 fully saturated rings. The summed E-state index contributed by atoms with van der Waals surface area (Å²) < 4.78 is 50.4. The lowest BCUT2D eigenvalue weighted by Gasteiger charge is -2.35. The fraction of sp³-hybridized carbons (Fsp3) is 0.409. The van der Waals surface area contributed by atoms with Gasteiger partial charge in [-0.15, -0.1) is 12.4 Å². The van der Waals surface area contributed by atoms with Crippen LogP contribution in [0.1, 0.15) is 44.0 Å². The summed E-state index contributed by atoms with van der Waals surface area (Å²) in [6, 6.07) is 17.3. The van der Waals surface area contributed by atoms with Gasteiger partial charge in [0.05, 0.1) is 0 Å². The first-order valence-corrected chi connectivity index (χ1v) is 8.84. The Labute approximate surface area is 174 Å². The van der Waals surface area contributed by atoms with Crippen LogP contribution in [0.4, 0.5) is 0 Å². The van der Waals surface area contributed by atoms with Crippen LogP contribution in [0.3, 0.4) is 0 Å². The molecular formula is C22H28ClNO3. The minimum absolute atomic E-state index is 0. The van der Waals surface area contributed by atoms with Crippen molar-refractivity contribution in [1.82, 2.24) is 5.32 Å². The van der Waals surface area contributed by atoms with Gasteiger partial charge in [-0.3, -0.25) is 0 Å². The second-order valence-corrected chi connectivity index (χ2v) is 6.23. The van der Waals surface area contributed by atoms with Gasteiger partial charge in [0.2, 0.25) is 5.60 Å². The Morgan fingerprint density at radius 1 is 1.11 bits per heavy atom. The van der Waals surface area contributed by atoms with Crippen molar-refractivity contribution in [2.45, 2.75) is 37.8 Å². The first-order valence-electron chi connectivity index (χ1n) is 11.3. The molecule has 1 aliphatic rings. The number of esters is 1. The van der Waals surface area contributed by atoms with E-state index in [-0.39, 0.29) is 18.5 Å². The summed E-state index contributed by atoms with van der Waals surface area (Å²) in [4.78, 5) is 13.7. The third-order valence-corrected chi connectivity index (χ3v) is 4.57. The molecule has 0 bridgehead atoms. The van der Waals surface area contributed by atoms with E-state index in [4.69, 9.17) is 16.3 Å². The third kappa shape index (κ3) is 4.89. The van der Waals surface area contributed by atoms with E-state index in [1.165, 1.54) is 0 Å². The maximum atomic E-state index is 13.7. The highest BCUT2D eigenvalue weighted by Gasteiger charge is 2.45. The minimum Gasteiger partial charge on any atom is -0.460 e. The number of hydrogen-bond acceptors (Lipinski definition) is 4. The van der Waals surface area contributed by atoms with Gasteiger partial charge in [-0.25, -0.2) is 4.79 Å². The number of halogens is 1. The summed E-state index contributed by atoms with van der Waals surface area (Å²) in [6.07, 6.45) is -1.65. The smallest absolute Gasteiger partial charge is 0.348 e. The predicted octanol–water partition coefficient (Wildman–Crippen LogP) is 4.07. The van der Waals surface area contributed by atoms with Gasteiger partial charge < -0.3 is 14.8 Å². The lowest BCUT2D eigenvalue weighted by molar-refractivity contribution is -0.175. The minimum atomic E-state index is -2.91. The maximum absolute atomic E-state index is 13.7. The zero-order chi connectivity index (χ0) is 22.5. The van der Waals surface area contributed by atoms with E-state index in [0.29, 0.717) is 24.0 Å². The van der Waals surface area contributed by atoms with Gasteiger partial charge in [0, 0.05) is 13.5 Å². The molecule has 27 heavy (non-hydrogen) atoms. The monoisotopic (exact) mass is 394 g/mol. The molecule has 0 atom stereocenters. The Balaban J connectivity index is 0.00000363. The molecule has 0 amide bonds. The van der Waals surface area contributed by atoms with Crippen molar-refractivity contribution in [3.8, 4) is 0 Å². The van der Waals surface area contributed by atoms with Gasteiger partial charge in [-0.05, 0) is 43.4 Å². The topological polar surface area (TPSA) is 47.6 Å². The van der Waals surface area contributed by atoms with E-state index in [9.17, 15) is 4.79 Å². The molecule has 1 heterocycles. The number of nitrogens with one attached hydrogen (secondary N) is 1. The van der Waals surface area contributed by atoms with Crippen molar-refractivity contribution in [1.29, 1.82) is 0 Å². The van der Waals surface area contributed by atoms with E-state index in [1.54, 1.807) is 60.7 Å². The van der Waals surface area contributed by atoms with E-state index in [1.807, 2.05) is 0 Å². The zero-order valence-corrected chi connectivity index (χ0v) is 15.8. The molecule has 2 aromatic carbocycles. The molecule has 0 spiro atoms. The highest BCUT2D eigenvalue weighted by atomic mass is 35.5. The molecule has 1 saturated heterocycles. The van der Waals surface area contributed by atoms with Crippen LogP contribution >= 0.6 is 12.4 Å². The van der Waals surface area contributed by atoms with E-state index < -0.39 is 31.4 Å². The highest BCUT2D eigenvalue weighted by molar-refractivity contribution is 5.86. The summed E-state index contributed by atoms with van der Waals surface area (Å²) in [5, 5.41) is 3.22. The normalized spacial score (nSPS) is 18.7. The average molecular weight is 395 g/mol. The van der Waals surface area contributed by atoms with Crippen LogP contribution in [-0.4, -0.2) is 31.8 Å². The van der Waals surface area contributed by atoms with Gasteiger partial charge in [0.25, 0.3) is 0 Å². The van der Waals surface area contributed by atoms with Crippen molar-refractivity contribution in [3.05, 3.63) is 71.8 Å². The largest absolute Gasteiger partial charge is 0.460 e. The van der Waals surface area contributed by atoms with Crippen molar-refractivity contribution < 1.29 is 21.1 Å². The van der Waals surface area contributed by atoms with Gasteiger partial charge in [-0.1, -0.05) is 67.5 Å². The molecule has 1 N–H and O–H groups in total. The molecule has 0 unspecified atom stereocenters. The summed E-state index contributed by atoms with van der Waals surface area (Å²) in [5.74, 6) is -0.682. The van der Waals surface area contributed by atoms with Crippen molar-refractivity contribution >= 4 is 18.4 Å². The molecule has 0 radical (unpaired) electrons. The number of ether oxygens (including phenoxy) is 2. The average Bonchev–Trinajstić information content (AvgIpc) is 2.75. The van der Waals surface area contributed by atoms with Crippen molar-refractivity contribution in [2.24, 2.45) is 0 Å². The summed E-state index contributed by atoms with van der Waals surface area (Å²) in [7, 11) is 0. The molecule has 2 aromatic rings. The van der Waals surface area contributed by atoms with Crippen LogP contribution in [0.15, 0.2) is 60.7 Å². The summed E-state index contributed by atoms with van der Waals surface area (Å²) in [6.45, 7) is -2.27. The van der Waals surface area contributed by atoms with Crippen LogP contribution in [0.25, 0.3) is 0 Å². The molecule has 5 heteroatoms. The third-order valence-electron chi connectivity index (χ3n) is 4.57. The maximum Gasteiger partial charge on any atom is 0.348 e. The molecule has 146 valence electrons. The van der Waals surface area contributed by atoms with E-state index in [0.717, 1.165) is 13.1 Å². The molecule has 3 rings (SSSR count). The van der Waals surface area contributed by atoms with Gasteiger partial charge in [0.1, 0.15) is 6.10 Å². The van der Waals surface area contributed by atoms with Gasteiger partial charge in [0.15, 0.2) is 0 Å². The Bertz CT molecular complexity index is 819. The molecule has 1 aliphatic heterocycles. The lowest BCUT2D eigenvalue weighted by atomic mass is 9.85. The van der Waals surface area contributed by atoms with Gasteiger partial charge in [-0.2, -0.15) is 0 Å². The molecule has 0 aliphatic carbocycles. The van der Waals surface area contributed by atoms with Crippen molar-refractivity contribution in [2.75, 3.05) is 19.7 Å². The van der Waals surface area contributed by atoms with Crippen LogP contribution < -0.4 is 5.32 Å². The SMILES string of the molecule is Cl.[2H]C([2H])([2H])C([2H])([2H])COC(C(=O)OC1CCNCC1)(c1ccccc1)c1ccccc1. The number of benzene rings is 2. The Kier molecular flexibility index (Phi) is 5.84. The highest BCUT2D eigenvalue weighted by Crippen LogP contribution is 2.36. The number of carbonyl (C=O) groups excluding carboxylic acids is 1. The second kappa shape index (κ2) is 10.5. The zero-order valence-electron chi connectivity index (χ0n) is 20.0. The van der Waals surface area contributed by atoms with Gasteiger partial charge >= 0.3 is 5.97 Å². The number of rotatable bonds is 7. The number of hydrogen-bond donors (Lipinski definition) is 1. The number of carbonyl (C=O) groups is 1. The van der Waals surface area contributed by atoms with E-state index >= 15 is 0 Å². The molecular weight excluding hydrogens is 362 g/mol. The van der Waals surface area contributed by atoms with Crippen LogP contribution in [0.5, 0.6) is 0 Å². The molecule has 0 saturated carbocycles. The Hall–Kier alpha value is -1.88. The quantitative estimate of drug-likeness (QED) is 0.719. The molecule has 4 nitrogen and oxygen atoms in total. The summed E-state index contributed by atoms with van der Waals surface area (Å²) >= 11 is 0. The Morgan fingerprint density at radius 2 is 1.67 bits per heavy atom.